The number of fused-ring (bicyclic) bond motifs is 1. The summed E-state index contributed by atoms with van der Waals surface area (Å²) >= 11 is 6.12. The lowest BCUT2D eigenvalue weighted by atomic mass is 10.1. The molecule has 3 heteroatoms. The first kappa shape index (κ1) is 13.2. The number of hydrogen-bond acceptors (Lipinski definition) is 1. The van der Waals surface area contributed by atoms with Crippen LogP contribution < -0.4 is 5.73 Å². The highest BCUT2D eigenvalue weighted by Crippen LogP contribution is 2.25. The normalized spacial score (nSPS) is 11.1. The molecule has 0 aliphatic heterocycles. The predicted octanol–water partition coefficient (Wildman–Crippen LogP) is 4.00. The number of benzene rings is 2. The Morgan fingerprint density at radius 3 is 2.60 bits per heavy atom. The molecule has 0 atom stereocenters. The van der Waals surface area contributed by atoms with Gasteiger partial charge in [0.05, 0.1) is 0 Å². The fourth-order valence-electron chi connectivity index (χ4n) is 2.58. The van der Waals surface area contributed by atoms with E-state index in [9.17, 15) is 0 Å². The Morgan fingerprint density at radius 2 is 1.85 bits per heavy atom. The van der Waals surface area contributed by atoms with Crippen LogP contribution in [0.3, 0.4) is 0 Å². The van der Waals surface area contributed by atoms with E-state index in [1.807, 2.05) is 18.2 Å². The zero-order valence-corrected chi connectivity index (χ0v) is 12.0. The van der Waals surface area contributed by atoms with Gasteiger partial charge in [0.15, 0.2) is 0 Å². The van der Waals surface area contributed by atoms with Gasteiger partial charge in [-0.1, -0.05) is 48.0 Å². The first-order valence-corrected chi connectivity index (χ1v) is 7.17. The minimum atomic E-state index is 0.552. The first-order chi connectivity index (χ1) is 9.78. The number of aromatic nitrogens is 1. The van der Waals surface area contributed by atoms with Gasteiger partial charge in [0.2, 0.25) is 0 Å². The second-order valence-electron chi connectivity index (χ2n) is 4.95. The van der Waals surface area contributed by atoms with Gasteiger partial charge in [-0.3, -0.25) is 0 Å². The van der Waals surface area contributed by atoms with Crippen LogP contribution in [0.5, 0.6) is 0 Å². The zero-order chi connectivity index (χ0) is 13.9. The number of nitrogens with two attached hydrogens (primary N) is 1. The Morgan fingerprint density at radius 1 is 1.05 bits per heavy atom. The molecule has 2 nitrogen and oxygen atoms in total. The SMILES string of the molecule is NCc1cn(CCc2ccccc2)c2cc(Cl)ccc12. The van der Waals surface area contributed by atoms with E-state index in [-0.39, 0.29) is 0 Å². The molecule has 0 fully saturated rings. The van der Waals surface area contributed by atoms with Crippen molar-refractivity contribution < 1.29 is 0 Å². The van der Waals surface area contributed by atoms with E-state index in [0.29, 0.717) is 6.54 Å². The summed E-state index contributed by atoms with van der Waals surface area (Å²) in [6.07, 6.45) is 3.14. The fourth-order valence-corrected chi connectivity index (χ4v) is 2.75. The maximum Gasteiger partial charge on any atom is 0.0498 e. The zero-order valence-electron chi connectivity index (χ0n) is 11.2. The summed E-state index contributed by atoms with van der Waals surface area (Å²) in [7, 11) is 0. The summed E-state index contributed by atoms with van der Waals surface area (Å²) in [4.78, 5) is 0. The van der Waals surface area contributed by atoms with Gasteiger partial charge >= 0.3 is 0 Å². The molecule has 0 radical (unpaired) electrons. The summed E-state index contributed by atoms with van der Waals surface area (Å²) in [5, 5.41) is 1.96. The molecule has 0 unspecified atom stereocenters. The highest BCUT2D eigenvalue weighted by molar-refractivity contribution is 6.31. The largest absolute Gasteiger partial charge is 0.347 e. The van der Waals surface area contributed by atoms with Crippen LogP contribution in [-0.2, 0) is 19.5 Å². The summed E-state index contributed by atoms with van der Waals surface area (Å²) in [5.74, 6) is 0. The minimum absolute atomic E-state index is 0.552. The van der Waals surface area contributed by atoms with Gasteiger partial charge < -0.3 is 10.3 Å². The van der Waals surface area contributed by atoms with Crippen molar-refractivity contribution >= 4 is 22.5 Å². The minimum Gasteiger partial charge on any atom is -0.347 e. The lowest BCUT2D eigenvalue weighted by Gasteiger charge is -2.06. The van der Waals surface area contributed by atoms with E-state index < -0.39 is 0 Å². The first-order valence-electron chi connectivity index (χ1n) is 6.79. The van der Waals surface area contributed by atoms with Gasteiger partial charge in [0.1, 0.15) is 0 Å². The molecule has 1 aromatic heterocycles. The van der Waals surface area contributed by atoms with E-state index in [4.69, 9.17) is 17.3 Å². The van der Waals surface area contributed by atoms with E-state index in [2.05, 4.69) is 41.1 Å². The monoisotopic (exact) mass is 284 g/mol. The maximum atomic E-state index is 6.12. The molecule has 0 amide bonds. The summed E-state index contributed by atoms with van der Waals surface area (Å²) in [6, 6.07) is 16.5. The Hall–Kier alpha value is -1.77. The Kier molecular flexibility index (Phi) is 3.77. The molecular formula is C17H17ClN2. The number of hydrogen-bond donors (Lipinski definition) is 1. The highest BCUT2D eigenvalue weighted by atomic mass is 35.5. The van der Waals surface area contributed by atoms with Crippen molar-refractivity contribution in [2.45, 2.75) is 19.5 Å². The molecule has 20 heavy (non-hydrogen) atoms. The average Bonchev–Trinajstić information content (AvgIpc) is 2.83. The van der Waals surface area contributed by atoms with Gasteiger partial charge in [-0.25, -0.2) is 0 Å². The number of aryl methyl sites for hydroxylation is 2. The third-order valence-electron chi connectivity index (χ3n) is 3.63. The molecule has 0 aliphatic carbocycles. The van der Waals surface area contributed by atoms with Gasteiger partial charge in [-0.05, 0) is 29.7 Å². The molecule has 3 aromatic rings. The lowest BCUT2D eigenvalue weighted by molar-refractivity contribution is 0.720. The van der Waals surface area contributed by atoms with E-state index in [1.165, 1.54) is 16.5 Å². The molecule has 0 saturated carbocycles. The third kappa shape index (κ3) is 2.58. The van der Waals surface area contributed by atoms with Crippen molar-refractivity contribution in [1.82, 2.24) is 4.57 Å². The van der Waals surface area contributed by atoms with Crippen LogP contribution in [0.2, 0.25) is 5.02 Å². The summed E-state index contributed by atoms with van der Waals surface area (Å²) < 4.78 is 2.25. The van der Waals surface area contributed by atoms with Crippen LogP contribution in [0.1, 0.15) is 11.1 Å². The van der Waals surface area contributed by atoms with Crippen molar-refractivity contribution in [2.75, 3.05) is 0 Å². The maximum absolute atomic E-state index is 6.12. The summed E-state index contributed by atoms with van der Waals surface area (Å²) in [6.45, 7) is 1.48. The smallest absolute Gasteiger partial charge is 0.0498 e. The van der Waals surface area contributed by atoms with E-state index >= 15 is 0 Å². The second kappa shape index (κ2) is 5.70. The molecule has 0 saturated heterocycles. The lowest BCUT2D eigenvalue weighted by Crippen LogP contribution is -2.00. The van der Waals surface area contributed by atoms with Crippen LogP contribution in [0.4, 0.5) is 0 Å². The molecule has 0 aliphatic rings. The molecule has 102 valence electrons. The van der Waals surface area contributed by atoms with E-state index in [1.54, 1.807) is 0 Å². The Bertz CT molecular complexity index is 716. The number of halogens is 1. The van der Waals surface area contributed by atoms with Crippen LogP contribution in [0.15, 0.2) is 54.7 Å². The third-order valence-corrected chi connectivity index (χ3v) is 3.87. The fraction of sp³-hybridized carbons (Fsp3) is 0.176. The van der Waals surface area contributed by atoms with Crippen LogP contribution >= 0.6 is 11.6 Å². The van der Waals surface area contributed by atoms with Crippen molar-refractivity contribution in [3.8, 4) is 0 Å². The predicted molar refractivity (Wildman–Crippen MR) is 85.0 cm³/mol. The number of nitrogens with zero attached hydrogens (tertiary/aromatic N) is 1. The molecule has 0 spiro atoms. The highest BCUT2D eigenvalue weighted by Gasteiger charge is 2.08. The molecule has 1 heterocycles. The Labute approximate surface area is 123 Å². The van der Waals surface area contributed by atoms with E-state index in [0.717, 1.165) is 23.5 Å². The van der Waals surface area contributed by atoms with Crippen molar-refractivity contribution in [1.29, 1.82) is 0 Å². The van der Waals surface area contributed by atoms with Gasteiger partial charge in [-0.2, -0.15) is 0 Å². The molecule has 2 aromatic carbocycles. The molecular weight excluding hydrogens is 268 g/mol. The molecule has 3 rings (SSSR count). The Balaban J connectivity index is 1.93. The summed E-state index contributed by atoms with van der Waals surface area (Å²) in [5.41, 5.74) is 9.50. The standard InChI is InChI=1S/C17H17ClN2/c18-15-6-7-16-14(11-19)12-20(17(16)10-15)9-8-13-4-2-1-3-5-13/h1-7,10,12H,8-9,11,19H2. The number of rotatable bonds is 4. The van der Waals surface area contributed by atoms with Crippen LogP contribution in [0, 0.1) is 0 Å². The van der Waals surface area contributed by atoms with Crippen molar-refractivity contribution in [2.24, 2.45) is 5.73 Å². The topological polar surface area (TPSA) is 30.9 Å². The van der Waals surface area contributed by atoms with Crippen LogP contribution in [-0.4, -0.2) is 4.57 Å². The van der Waals surface area contributed by atoms with Crippen molar-refractivity contribution in [3.63, 3.8) is 0 Å². The second-order valence-corrected chi connectivity index (χ2v) is 5.39. The molecule has 0 bridgehead atoms. The van der Waals surface area contributed by atoms with Crippen LogP contribution in [0.25, 0.3) is 10.9 Å². The quantitative estimate of drug-likeness (QED) is 0.771. The average molecular weight is 285 g/mol. The van der Waals surface area contributed by atoms with Crippen molar-refractivity contribution in [3.05, 3.63) is 70.9 Å². The van der Waals surface area contributed by atoms with Gasteiger partial charge in [0, 0.05) is 35.2 Å². The molecule has 2 N–H and O–H groups in total. The van der Waals surface area contributed by atoms with Gasteiger partial charge in [-0.15, -0.1) is 0 Å². The van der Waals surface area contributed by atoms with Gasteiger partial charge in [0.25, 0.3) is 0 Å².